The van der Waals surface area contributed by atoms with Crippen LogP contribution in [0, 0.1) is 0 Å². The predicted octanol–water partition coefficient (Wildman–Crippen LogP) is 5.11. The number of sulfonamides is 1. The number of benzene rings is 3. The number of rotatable bonds is 10. The molecule has 39 heavy (non-hydrogen) atoms. The van der Waals surface area contributed by atoms with Gasteiger partial charge in [0.15, 0.2) is 0 Å². The number of halogens is 4. The van der Waals surface area contributed by atoms with Crippen molar-refractivity contribution >= 4 is 39.1 Å². The number of likely N-dealkylation sites (N-methyl/N-ethyl adjacent to an activating group) is 1. The summed E-state index contributed by atoms with van der Waals surface area (Å²) in [6.45, 7) is 0.775. The van der Waals surface area contributed by atoms with Gasteiger partial charge in [0, 0.05) is 18.6 Å². The van der Waals surface area contributed by atoms with Gasteiger partial charge in [-0.05, 0) is 54.4 Å². The van der Waals surface area contributed by atoms with Crippen molar-refractivity contribution in [2.24, 2.45) is 0 Å². The molecule has 0 spiro atoms. The number of amides is 2. The van der Waals surface area contributed by atoms with E-state index in [9.17, 15) is 31.2 Å². The Labute approximate surface area is 230 Å². The van der Waals surface area contributed by atoms with Crippen LogP contribution in [-0.2, 0) is 32.3 Å². The van der Waals surface area contributed by atoms with Crippen molar-refractivity contribution in [1.29, 1.82) is 0 Å². The summed E-state index contributed by atoms with van der Waals surface area (Å²) in [5, 5.41) is 2.96. The van der Waals surface area contributed by atoms with Crippen LogP contribution >= 0.6 is 11.6 Å². The molecule has 12 heteroatoms. The average Bonchev–Trinajstić information content (AvgIpc) is 2.92. The molecule has 0 radical (unpaired) electrons. The number of anilines is 1. The molecule has 0 aromatic heterocycles. The molecule has 0 bridgehead atoms. The minimum absolute atomic E-state index is 0.0657. The summed E-state index contributed by atoms with van der Waals surface area (Å²) in [5.74, 6) is -1.26. The van der Waals surface area contributed by atoms with Gasteiger partial charge in [-0.15, -0.1) is 0 Å². The van der Waals surface area contributed by atoms with Gasteiger partial charge in [-0.3, -0.25) is 13.9 Å². The third-order valence-corrected chi connectivity index (χ3v) is 8.01. The molecule has 0 aliphatic heterocycles. The lowest BCUT2D eigenvalue weighted by molar-refractivity contribution is -0.140. The summed E-state index contributed by atoms with van der Waals surface area (Å²) in [6.07, 6.45) is -4.54. The Morgan fingerprint density at radius 3 is 2.18 bits per heavy atom. The predicted molar refractivity (Wildman–Crippen MR) is 143 cm³/mol. The minimum atomic E-state index is -4.74. The van der Waals surface area contributed by atoms with E-state index in [2.05, 4.69) is 5.32 Å². The highest BCUT2D eigenvalue weighted by Gasteiger charge is 2.35. The summed E-state index contributed by atoms with van der Waals surface area (Å²) in [5.41, 5.74) is -0.802. The van der Waals surface area contributed by atoms with Crippen LogP contribution in [0.4, 0.5) is 18.9 Å². The third-order valence-electron chi connectivity index (χ3n) is 5.97. The van der Waals surface area contributed by atoms with E-state index in [0.717, 1.165) is 12.1 Å². The van der Waals surface area contributed by atoms with E-state index in [1.807, 2.05) is 0 Å². The maximum absolute atomic E-state index is 13.8. The van der Waals surface area contributed by atoms with Crippen LogP contribution in [0.2, 0.25) is 5.02 Å². The van der Waals surface area contributed by atoms with E-state index in [-0.39, 0.29) is 23.5 Å². The van der Waals surface area contributed by atoms with E-state index in [0.29, 0.717) is 21.0 Å². The number of nitrogens with zero attached hydrogens (tertiary/aromatic N) is 2. The quantitative estimate of drug-likeness (QED) is 0.361. The lowest BCUT2D eigenvalue weighted by Crippen LogP contribution is -2.51. The molecular formula is C27H27ClF3N3O4S. The first-order valence-electron chi connectivity index (χ1n) is 11.9. The highest BCUT2D eigenvalue weighted by Crippen LogP contribution is 2.33. The Bertz CT molecular complexity index is 1400. The molecule has 3 aromatic rings. The zero-order valence-corrected chi connectivity index (χ0v) is 22.7. The van der Waals surface area contributed by atoms with Crippen molar-refractivity contribution in [2.75, 3.05) is 17.9 Å². The smallest absolute Gasteiger partial charge is 0.357 e. The summed E-state index contributed by atoms with van der Waals surface area (Å²) in [4.78, 5) is 27.5. The fraction of sp³-hybridized carbons (Fsp3) is 0.259. The maximum Gasteiger partial charge on any atom is 0.416 e. The van der Waals surface area contributed by atoms with Crippen LogP contribution in [0.25, 0.3) is 0 Å². The van der Waals surface area contributed by atoms with Gasteiger partial charge < -0.3 is 10.2 Å². The van der Waals surface area contributed by atoms with Crippen molar-refractivity contribution in [3.8, 4) is 0 Å². The molecule has 0 aliphatic rings. The second kappa shape index (κ2) is 12.5. The van der Waals surface area contributed by atoms with Gasteiger partial charge >= 0.3 is 6.18 Å². The second-order valence-corrected chi connectivity index (χ2v) is 10.9. The SMILES string of the molecule is CC[C@@H](C(=O)NC)N(Cc1ccc(Cl)cc1)C(=O)CN(c1cccc(C(F)(F)F)c1)S(=O)(=O)c1ccccc1. The van der Waals surface area contributed by atoms with Crippen molar-refractivity contribution in [3.05, 3.63) is 95.0 Å². The Balaban J connectivity index is 2.10. The molecule has 2 amide bonds. The fourth-order valence-corrected chi connectivity index (χ4v) is 5.51. The van der Waals surface area contributed by atoms with Gasteiger partial charge in [0.1, 0.15) is 12.6 Å². The van der Waals surface area contributed by atoms with Crippen LogP contribution in [0.1, 0.15) is 24.5 Å². The van der Waals surface area contributed by atoms with E-state index in [1.165, 1.54) is 42.3 Å². The van der Waals surface area contributed by atoms with Gasteiger partial charge in [-0.1, -0.05) is 54.9 Å². The van der Waals surface area contributed by atoms with Gasteiger partial charge in [0.2, 0.25) is 11.8 Å². The number of carbonyl (C=O) groups is 2. The molecule has 208 valence electrons. The van der Waals surface area contributed by atoms with E-state index in [1.54, 1.807) is 37.3 Å². The van der Waals surface area contributed by atoms with Gasteiger partial charge in [-0.25, -0.2) is 8.42 Å². The molecular weight excluding hydrogens is 555 g/mol. The monoisotopic (exact) mass is 581 g/mol. The third kappa shape index (κ3) is 7.30. The Morgan fingerprint density at radius 2 is 1.62 bits per heavy atom. The number of hydrogen-bond donors (Lipinski definition) is 1. The first kappa shape index (κ1) is 30.0. The van der Waals surface area contributed by atoms with Crippen molar-refractivity contribution in [3.63, 3.8) is 0 Å². The van der Waals surface area contributed by atoms with Crippen molar-refractivity contribution < 1.29 is 31.2 Å². The first-order valence-corrected chi connectivity index (χ1v) is 13.7. The van der Waals surface area contributed by atoms with Crippen LogP contribution in [0.15, 0.2) is 83.8 Å². The number of nitrogens with one attached hydrogen (secondary N) is 1. The Morgan fingerprint density at radius 1 is 0.974 bits per heavy atom. The van der Waals surface area contributed by atoms with E-state index >= 15 is 0 Å². The lowest BCUT2D eigenvalue weighted by atomic mass is 10.1. The molecule has 0 unspecified atom stereocenters. The molecule has 0 saturated carbocycles. The molecule has 0 heterocycles. The minimum Gasteiger partial charge on any atom is -0.357 e. The second-order valence-electron chi connectivity index (χ2n) is 8.56. The zero-order chi connectivity index (χ0) is 28.8. The van der Waals surface area contributed by atoms with Crippen LogP contribution in [0.3, 0.4) is 0 Å². The van der Waals surface area contributed by atoms with Crippen LogP contribution < -0.4 is 9.62 Å². The normalized spacial score (nSPS) is 12.5. The standard InChI is InChI=1S/C27H27ClF3N3O4S/c1-3-24(26(36)32-2)33(17-19-12-14-21(28)15-13-19)25(35)18-34(39(37,38)23-10-5-4-6-11-23)22-9-7-8-20(16-22)27(29,30)31/h4-16,24H,3,17-18H2,1-2H3,(H,32,36)/t24-/m0/s1. The molecule has 7 nitrogen and oxygen atoms in total. The summed E-state index contributed by atoms with van der Waals surface area (Å²) >= 11 is 5.97. The Hall–Kier alpha value is -3.57. The molecule has 3 aromatic carbocycles. The maximum atomic E-state index is 13.8. The lowest BCUT2D eigenvalue weighted by Gasteiger charge is -2.33. The molecule has 0 aliphatic carbocycles. The first-order chi connectivity index (χ1) is 18.4. The van der Waals surface area contributed by atoms with Gasteiger partial charge in [0.05, 0.1) is 16.1 Å². The summed E-state index contributed by atoms with van der Waals surface area (Å²) in [7, 11) is -3.07. The number of alkyl halides is 3. The molecule has 1 atom stereocenters. The zero-order valence-electron chi connectivity index (χ0n) is 21.2. The van der Waals surface area contributed by atoms with Gasteiger partial charge in [-0.2, -0.15) is 13.2 Å². The topological polar surface area (TPSA) is 86.8 Å². The van der Waals surface area contributed by atoms with Crippen LogP contribution in [-0.4, -0.2) is 44.8 Å². The molecule has 0 saturated heterocycles. The van der Waals surface area contributed by atoms with Crippen molar-refractivity contribution in [1.82, 2.24) is 10.2 Å². The summed E-state index contributed by atoms with van der Waals surface area (Å²) in [6, 6.07) is 16.4. The Kier molecular flexibility index (Phi) is 9.63. The van der Waals surface area contributed by atoms with Crippen molar-refractivity contribution in [2.45, 2.75) is 37.0 Å². The van der Waals surface area contributed by atoms with Crippen LogP contribution in [0.5, 0.6) is 0 Å². The highest BCUT2D eigenvalue weighted by atomic mass is 35.5. The number of hydrogen-bond acceptors (Lipinski definition) is 4. The highest BCUT2D eigenvalue weighted by molar-refractivity contribution is 7.92. The van der Waals surface area contributed by atoms with E-state index in [4.69, 9.17) is 11.6 Å². The number of carbonyl (C=O) groups excluding carboxylic acids is 2. The van der Waals surface area contributed by atoms with Gasteiger partial charge in [0.25, 0.3) is 10.0 Å². The summed E-state index contributed by atoms with van der Waals surface area (Å²) < 4.78 is 68.4. The molecule has 0 fully saturated rings. The largest absolute Gasteiger partial charge is 0.416 e. The molecule has 1 N–H and O–H groups in total. The molecule has 3 rings (SSSR count). The average molecular weight is 582 g/mol. The van der Waals surface area contributed by atoms with E-state index < -0.39 is 46.2 Å². The fourth-order valence-electron chi connectivity index (χ4n) is 3.96.